The van der Waals surface area contributed by atoms with Crippen molar-refractivity contribution in [3.05, 3.63) is 47.9 Å². The van der Waals surface area contributed by atoms with Crippen molar-refractivity contribution in [3.8, 4) is 0 Å². The Bertz CT molecular complexity index is 969. The van der Waals surface area contributed by atoms with Gasteiger partial charge in [-0.3, -0.25) is 19.3 Å². The molecule has 9 heteroatoms. The number of furan rings is 1. The fraction of sp³-hybridized carbons (Fsp3) is 0.435. The summed E-state index contributed by atoms with van der Waals surface area (Å²) < 4.78 is 11.0. The van der Waals surface area contributed by atoms with Gasteiger partial charge in [0.15, 0.2) is 0 Å². The van der Waals surface area contributed by atoms with Gasteiger partial charge in [0.2, 0.25) is 5.91 Å². The molecule has 32 heavy (non-hydrogen) atoms. The Labute approximate surface area is 186 Å². The Morgan fingerprint density at radius 2 is 1.94 bits per heavy atom. The fourth-order valence-electron chi connectivity index (χ4n) is 4.12. The number of benzene rings is 1. The predicted molar refractivity (Wildman–Crippen MR) is 118 cm³/mol. The van der Waals surface area contributed by atoms with Gasteiger partial charge >= 0.3 is 11.8 Å². The summed E-state index contributed by atoms with van der Waals surface area (Å²) in [5, 5.41) is 5.36. The first-order valence-electron chi connectivity index (χ1n) is 10.9. The van der Waals surface area contributed by atoms with Gasteiger partial charge in [-0.25, -0.2) is 0 Å². The summed E-state index contributed by atoms with van der Waals surface area (Å²) in [6, 6.07) is 8.78. The highest BCUT2D eigenvalue weighted by molar-refractivity contribution is 6.39. The molecular weight excluding hydrogens is 412 g/mol. The van der Waals surface area contributed by atoms with Gasteiger partial charge in [0.1, 0.15) is 5.76 Å². The molecule has 3 heterocycles. The second-order valence-corrected chi connectivity index (χ2v) is 7.99. The lowest BCUT2D eigenvalue weighted by molar-refractivity contribution is -0.136. The van der Waals surface area contributed by atoms with Crippen LogP contribution in [0.2, 0.25) is 0 Å². The highest BCUT2D eigenvalue weighted by Gasteiger charge is 2.27. The fourth-order valence-corrected chi connectivity index (χ4v) is 4.12. The van der Waals surface area contributed by atoms with Crippen LogP contribution in [0.1, 0.15) is 30.2 Å². The quantitative estimate of drug-likeness (QED) is 0.665. The zero-order chi connectivity index (χ0) is 22.5. The second-order valence-electron chi connectivity index (χ2n) is 7.99. The number of nitrogens with one attached hydrogen (secondary N) is 2. The number of ether oxygens (including phenoxy) is 1. The largest absolute Gasteiger partial charge is 0.468 e. The van der Waals surface area contributed by atoms with Gasteiger partial charge in [-0.05, 0) is 43.2 Å². The summed E-state index contributed by atoms with van der Waals surface area (Å²) >= 11 is 0. The van der Waals surface area contributed by atoms with Crippen LogP contribution in [0.4, 0.5) is 11.4 Å². The SMILES string of the molecule is Cc1ccc(NC(=O)C(=O)NCC(c2ccco2)N2CCOCC2)cc1N1CCCC1=O. The first-order valence-corrected chi connectivity index (χ1v) is 10.9. The lowest BCUT2D eigenvalue weighted by Gasteiger charge is -2.33. The summed E-state index contributed by atoms with van der Waals surface area (Å²) in [6.45, 7) is 5.47. The van der Waals surface area contributed by atoms with E-state index in [1.807, 2.05) is 19.1 Å². The molecule has 0 spiro atoms. The Kier molecular flexibility index (Phi) is 6.87. The average molecular weight is 441 g/mol. The van der Waals surface area contributed by atoms with E-state index >= 15 is 0 Å². The molecular formula is C23H28N4O5. The number of hydrogen-bond acceptors (Lipinski definition) is 6. The molecule has 2 saturated heterocycles. The summed E-state index contributed by atoms with van der Waals surface area (Å²) in [5.41, 5.74) is 2.17. The molecule has 2 aliphatic heterocycles. The third-order valence-electron chi connectivity index (χ3n) is 5.85. The number of rotatable bonds is 6. The smallest absolute Gasteiger partial charge is 0.313 e. The molecule has 0 radical (unpaired) electrons. The Hall–Kier alpha value is -3.17. The van der Waals surface area contributed by atoms with E-state index in [9.17, 15) is 14.4 Å². The maximum absolute atomic E-state index is 12.5. The maximum Gasteiger partial charge on any atom is 0.313 e. The number of amides is 3. The number of morpholine rings is 1. The number of carbonyl (C=O) groups excluding carboxylic acids is 3. The molecule has 1 aromatic heterocycles. The predicted octanol–water partition coefficient (Wildman–Crippen LogP) is 1.84. The van der Waals surface area contributed by atoms with Crippen molar-refractivity contribution in [3.63, 3.8) is 0 Å². The number of nitrogens with zero attached hydrogens (tertiary/aromatic N) is 2. The number of anilines is 2. The molecule has 0 bridgehead atoms. The van der Waals surface area contributed by atoms with Crippen LogP contribution < -0.4 is 15.5 Å². The minimum absolute atomic E-state index is 0.0707. The lowest BCUT2D eigenvalue weighted by Crippen LogP contribution is -2.45. The van der Waals surface area contributed by atoms with E-state index < -0.39 is 11.8 Å². The van der Waals surface area contributed by atoms with Crippen molar-refractivity contribution in [2.24, 2.45) is 0 Å². The highest BCUT2D eigenvalue weighted by Crippen LogP contribution is 2.28. The molecule has 0 aliphatic carbocycles. The highest BCUT2D eigenvalue weighted by atomic mass is 16.5. The Morgan fingerprint density at radius 1 is 1.12 bits per heavy atom. The topological polar surface area (TPSA) is 104 Å². The lowest BCUT2D eigenvalue weighted by atomic mass is 10.1. The molecule has 0 saturated carbocycles. The van der Waals surface area contributed by atoms with Gasteiger partial charge < -0.3 is 24.7 Å². The molecule has 1 atom stereocenters. The summed E-state index contributed by atoms with van der Waals surface area (Å²) in [5.74, 6) is -0.686. The first-order chi connectivity index (χ1) is 15.5. The molecule has 1 aromatic carbocycles. The van der Waals surface area contributed by atoms with Crippen LogP contribution in [0.25, 0.3) is 0 Å². The Balaban J connectivity index is 1.38. The standard InChI is InChI=1S/C23H28N4O5/c1-16-6-7-17(14-18(16)27-8-2-5-21(27)28)25-23(30)22(29)24-15-19(20-4-3-11-32-20)26-9-12-31-13-10-26/h3-4,6-7,11,14,19H,2,5,8-10,12-13,15H2,1H3,(H,24,29)(H,25,30). The van der Waals surface area contributed by atoms with Crippen molar-refractivity contribution in [2.45, 2.75) is 25.8 Å². The monoisotopic (exact) mass is 440 g/mol. The minimum Gasteiger partial charge on any atom is -0.468 e. The van der Waals surface area contributed by atoms with Crippen molar-refractivity contribution in [2.75, 3.05) is 49.6 Å². The molecule has 2 N–H and O–H groups in total. The van der Waals surface area contributed by atoms with Crippen LogP contribution in [-0.2, 0) is 19.1 Å². The molecule has 4 rings (SSSR count). The van der Waals surface area contributed by atoms with Crippen LogP contribution >= 0.6 is 0 Å². The van der Waals surface area contributed by atoms with Crippen LogP contribution in [0, 0.1) is 6.92 Å². The molecule has 170 valence electrons. The van der Waals surface area contributed by atoms with Crippen LogP contribution in [-0.4, -0.2) is 62.0 Å². The number of aryl methyl sites for hydroxylation is 1. The summed E-state index contributed by atoms with van der Waals surface area (Å²) in [7, 11) is 0. The third kappa shape index (κ3) is 5.00. The summed E-state index contributed by atoms with van der Waals surface area (Å²) in [6.07, 6.45) is 2.94. The van der Waals surface area contributed by atoms with E-state index in [1.165, 1.54) is 0 Å². The zero-order valence-electron chi connectivity index (χ0n) is 18.1. The van der Waals surface area contributed by atoms with E-state index in [0.717, 1.165) is 36.5 Å². The molecule has 2 fully saturated rings. The second kappa shape index (κ2) is 9.97. The molecule has 3 amide bonds. The molecule has 9 nitrogen and oxygen atoms in total. The van der Waals surface area contributed by atoms with Crippen molar-refractivity contribution < 1.29 is 23.5 Å². The van der Waals surface area contributed by atoms with Crippen molar-refractivity contribution >= 4 is 29.1 Å². The summed E-state index contributed by atoms with van der Waals surface area (Å²) in [4.78, 5) is 41.0. The number of carbonyl (C=O) groups is 3. The molecule has 2 aliphatic rings. The van der Waals surface area contributed by atoms with E-state index in [2.05, 4.69) is 15.5 Å². The average Bonchev–Trinajstić information content (AvgIpc) is 3.48. The van der Waals surface area contributed by atoms with Gasteiger partial charge in [-0.1, -0.05) is 6.07 Å². The van der Waals surface area contributed by atoms with E-state index in [0.29, 0.717) is 31.9 Å². The van der Waals surface area contributed by atoms with E-state index in [1.54, 1.807) is 29.4 Å². The van der Waals surface area contributed by atoms with Gasteiger partial charge in [0.25, 0.3) is 0 Å². The minimum atomic E-state index is -0.757. The van der Waals surface area contributed by atoms with Crippen molar-refractivity contribution in [1.82, 2.24) is 10.2 Å². The Morgan fingerprint density at radius 3 is 2.62 bits per heavy atom. The van der Waals surface area contributed by atoms with Crippen molar-refractivity contribution in [1.29, 1.82) is 0 Å². The van der Waals surface area contributed by atoms with Crippen LogP contribution in [0.3, 0.4) is 0 Å². The van der Waals surface area contributed by atoms with Crippen LogP contribution in [0.15, 0.2) is 41.0 Å². The van der Waals surface area contributed by atoms with Crippen LogP contribution in [0.5, 0.6) is 0 Å². The maximum atomic E-state index is 12.5. The van der Waals surface area contributed by atoms with E-state index in [-0.39, 0.29) is 18.5 Å². The van der Waals surface area contributed by atoms with Gasteiger partial charge in [0, 0.05) is 44.0 Å². The van der Waals surface area contributed by atoms with E-state index in [4.69, 9.17) is 9.15 Å². The first kappa shape index (κ1) is 22.0. The zero-order valence-corrected chi connectivity index (χ0v) is 18.1. The molecule has 1 unspecified atom stereocenters. The van der Waals surface area contributed by atoms with Gasteiger partial charge in [-0.2, -0.15) is 0 Å². The third-order valence-corrected chi connectivity index (χ3v) is 5.85. The van der Waals surface area contributed by atoms with Gasteiger partial charge in [0.05, 0.1) is 25.5 Å². The van der Waals surface area contributed by atoms with Gasteiger partial charge in [-0.15, -0.1) is 0 Å². The normalized spacial score (nSPS) is 17.9. The number of hydrogen-bond donors (Lipinski definition) is 2. The molecule has 2 aromatic rings.